The molecule has 0 spiro atoms. The molecule has 3 aliphatic heterocycles. The first kappa shape index (κ1) is 54.5. The number of pyridine rings is 1. The van der Waals surface area contributed by atoms with Gasteiger partial charge >= 0.3 is 0 Å². The van der Waals surface area contributed by atoms with Gasteiger partial charge in [0.1, 0.15) is 36.0 Å². The Morgan fingerprint density at radius 1 is 0.958 bits per heavy atom. The van der Waals surface area contributed by atoms with Crippen LogP contribution in [-0.2, 0) is 30.4 Å². The number of hydrogen-bond donors (Lipinski definition) is 2. The van der Waals surface area contributed by atoms with Crippen molar-refractivity contribution in [3.8, 4) is 0 Å². The molecule has 13 nitrogen and oxygen atoms in total. The number of hydrogen-bond acceptors (Lipinski definition) is 7. The molecular formula is C53H69ClF5N7O6. The van der Waals surface area contributed by atoms with Gasteiger partial charge in [-0.05, 0) is 97.4 Å². The van der Waals surface area contributed by atoms with E-state index in [1.807, 2.05) is 26.0 Å². The molecule has 7 rings (SSSR count). The van der Waals surface area contributed by atoms with Crippen LogP contribution in [-0.4, -0.2) is 138 Å². The third-order valence-electron chi connectivity index (χ3n) is 15.5. The van der Waals surface area contributed by atoms with Crippen molar-refractivity contribution in [3.05, 3.63) is 80.4 Å². The summed E-state index contributed by atoms with van der Waals surface area (Å²) in [5.41, 5.74) is -0.514. The fourth-order valence-electron chi connectivity index (χ4n) is 11.6. The number of nitrogens with zero attached hydrogens (tertiary/aromatic N) is 5. The maximum atomic E-state index is 15.9. The molecule has 1 aromatic heterocycles. The highest BCUT2D eigenvalue weighted by Crippen LogP contribution is 2.70. The van der Waals surface area contributed by atoms with E-state index in [1.54, 1.807) is 36.0 Å². The van der Waals surface area contributed by atoms with Crippen LogP contribution >= 0.6 is 11.6 Å². The molecule has 5 aliphatic rings. The molecule has 1 aromatic carbocycles. The van der Waals surface area contributed by atoms with Crippen molar-refractivity contribution in [1.29, 1.82) is 0 Å². The molecular weight excluding hydrogens is 961 g/mol. The van der Waals surface area contributed by atoms with Crippen LogP contribution in [0.25, 0.3) is 5.57 Å². The second kappa shape index (κ2) is 22.9. The number of rotatable bonds is 13. The molecule has 3 fully saturated rings. The van der Waals surface area contributed by atoms with Crippen LogP contribution in [0, 0.1) is 17.3 Å². The minimum Gasteiger partial charge on any atom is -0.359 e. The van der Waals surface area contributed by atoms with Gasteiger partial charge in [-0.3, -0.25) is 37.5 Å². The summed E-state index contributed by atoms with van der Waals surface area (Å²) in [6.07, 6.45) is 4.34. The van der Waals surface area contributed by atoms with Gasteiger partial charge in [0.2, 0.25) is 29.5 Å². The fourth-order valence-corrected chi connectivity index (χ4v) is 11.8. The van der Waals surface area contributed by atoms with Crippen molar-refractivity contribution in [1.82, 2.24) is 29.5 Å². The van der Waals surface area contributed by atoms with E-state index in [9.17, 15) is 37.5 Å². The molecule has 5 amide bonds. The smallest absolute Gasteiger partial charge is 0.275 e. The van der Waals surface area contributed by atoms with Crippen molar-refractivity contribution < 1.29 is 45.9 Å². The SMILES string of the molecule is CC(=O)N1CC=C(c2ccc(Cl)cc2C[C@H]2C(=O)N(C)CCCCCCC[C@H](n3cccc(NC(=O)[C@@H]4C[C@@H](F)CN4C4=C5CC5C(F)(F)C4(CCF)CCF)c3=O)C(=O)N[C@@H](CC(C)C)C(=O)N2C)CC1. The third kappa shape index (κ3) is 11.3. The van der Waals surface area contributed by atoms with Gasteiger partial charge in [0.15, 0.2) is 0 Å². The van der Waals surface area contributed by atoms with Gasteiger partial charge in [0.25, 0.3) is 11.5 Å². The predicted molar refractivity (Wildman–Crippen MR) is 265 cm³/mol. The first-order valence-electron chi connectivity index (χ1n) is 25.5. The maximum absolute atomic E-state index is 15.9. The molecule has 2 saturated heterocycles. The van der Waals surface area contributed by atoms with E-state index in [4.69, 9.17) is 11.6 Å². The summed E-state index contributed by atoms with van der Waals surface area (Å²) in [5, 5.41) is 5.96. The monoisotopic (exact) mass is 1030 g/mol. The zero-order valence-corrected chi connectivity index (χ0v) is 42.7. The summed E-state index contributed by atoms with van der Waals surface area (Å²) in [6, 6.07) is 3.53. The van der Waals surface area contributed by atoms with Crippen LogP contribution in [0.15, 0.2) is 58.7 Å². The summed E-state index contributed by atoms with van der Waals surface area (Å²) in [5.74, 6) is -7.22. The Kier molecular flexibility index (Phi) is 17.3. The normalized spacial score (nSPS) is 26.2. The molecule has 1 unspecified atom stereocenters. The molecule has 2 aliphatic carbocycles. The van der Waals surface area contributed by atoms with Crippen molar-refractivity contribution in [3.63, 3.8) is 0 Å². The van der Waals surface area contributed by atoms with Gasteiger partial charge in [-0.25, -0.2) is 13.2 Å². The maximum Gasteiger partial charge on any atom is 0.275 e. The molecule has 2 aromatic rings. The number of anilines is 1. The second-order valence-corrected chi connectivity index (χ2v) is 21.2. The van der Waals surface area contributed by atoms with Gasteiger partial charge in [-0.1, -0.05) is 63.3 Å². The number of nitrogens with one attached hydrogen (secondary N) is 2. The van der Waals surface area contributed by atoms with Crippen LogP contribution < -0.4 is 16.2 Å². The number of carbonyl (C=O) groups excluding carboxylic acids is 5. The number of allylic oxidation sites excluding steroid dienone is 2. The van der Waals surface area contributed by atoms with Crippen molar-refractivity contribution in [2.45, 2.75) is 141 Å². The summed E-state index contributed by atoms with van der Waals surface area (Å²) in [7, 11) is 3.26. The molecule has 0 bridgehead atoms. The number of carbonyl (C=O) groups is 5. The van der Waals surface area contributed by atoms with Gasteiger partial charge < -0.3 is 34.8 Å². The zero-order valence-electron chi connectivity index (χ0n) is 42.0. The molecule has 19 heteroatoms. The number of fused-ring (bicyclic) bond motifs is 1. The van der Waals surface area contributed by atoms with Crippen LogP contribution in [0.2, 0.25) is 5.02 Å². The van der Waals surface area contributed by atoms with Crippen LogP contribution in [0.4, 0.5) is 27.6 Å². The Labute approximate surface area is 423 Å². The van der Waals surface area contributed by atoms with Crippen LogP contribution in [0.1, 0.15) is 115 Å². The first-order valence-corrected chi connectivity index (χ1v) is 25.8. The van der Waals surface area contributed by atoms with E-state index in [2.05, 4.69) is 10.6 Å². The quantitative estimate of drug-likeness (QED) is 0.193. The molecule has 1 saturated carbocycles. The minimum atomic E-state index is -3.50. The van der Waals surface area contributed by atoms with Gasteiger partial charge in [0, 0.05) is 77.0 Å². The lowest BCUT2D eigenvalue weighted by atomic mass is 9.73. The molecule has 72 heavy (non-hydrogen) atoms. The highest BCUT2D eigenvalue weighted by Gasteiger charge is 2.73. The second-order valence-electron chi connectivity index (χ2n) is 20.8. The van der Waals surface area contributed by atoms with E-state index in [0.717, 1.165) is 29.5 Å². The predicted octanol–water partition coefficient (Wildman–Crippen LogP) is 8.07. The molecule has 6 atom stereocenters. The van der Waals surface area contributed by atoms with E-state index in [0.29, 0.717) is 50.3 Å². The molecule has 394 valence electrons. The third-order valence-corrected chi connectivity index (χ3v) is 15.8. The van der Waals surface area contributed by atoms with Gasteiger partial charge in [-0.2, -0.15) is 0 Å². The van der Waals surface area contributed by atoms with Crippen LogP contribution in [0.3, 0.4) is 0 Å². The number of amides is 5. The Hall–Kier alpha value is -5.26. The lowest BCUT2D eigenvalue weighted by Crippen LogP contribution is -2.56. The minimum absolute atomic E-state index is 0.0282. The number of benzene rings is 1. The first-order chi connectivity index (χ1) is 34.2. The number of halogens is 6. The summed E-state index contributed by atoms with van der Waals surface area (Å²) in [4.78, 5) is 90.9. The Morgan fingerprint density at radius 2 is 1.67 bits per heavy atom. The zero-order chi connectivity index (χ0) is 52.2. The largest absolute Gasteiger partial charge is 0.359 e. The highest BCUT2D eigenvalue weighted by molar-refractivity contribution is 6.30. The Bertz CT molecular complexity index is 2500. The molecule has 4 heterocycles. The Balaban J connectivity index is 1.16. The number of likely N-dealkylation sites (tertiary alicyclic amines) is 1. The standard InChI is InChI=1S/C53H69ClF5N7O6/c1-32(2)26-42-49(70)63(5)45(28-35-27-36(54)14-15-38(35)34-16-24-64(25-17-34)33(3)67)51(72)62(4)22-10-8-6-7-9-13-43(47(68)61-42)65-23-11-12-41(50(65)71)60-48(69)44-29-37(57)31-66(44)46-39-30-40(39)53(58,59)52(46,18-20-55)19-21-56/h11-12,14-16,23,27,32,37,40,42-45H,6-10,13,17-22,24-26,28-31H2,1-5H3,(H,60,69)(H,61,68)/t37-,40?,42+,43+,44+,45+/m1/s1. The highest BCUT2D eigenvalue weighted by atomic mass is 35.5. The fraction of sp³-hybridized carbons (Fsp3) is 0.623. The average molecular weight is 1030 g/mol. The van der Waals surface area contributed by atoms with Crippen molar-refractivity contribution in [2.24, 2.45) is 17.3 Å². The topological polar surface area (TPSA) is 144 Å². The average Bonchev–Trinajstić information content (AvgIpc) is 4.00. The number of likely N-dealkylation sites (N-methyl/N-ethyl adjacent to an activating group) is 2. The number of alkyl halides is 5. The van der Waals surface area contributed by atoms with Gasteiger partial charge in [0.05, 0.1) is 24.7 Å². The number of aromatic nitrogens is 1. The summed E-state index contributed by atoms with van der Waals surface area (Å²) >= 11 is 6.59. The van der Waals surface area contributed by atoms with Crippen molar-refractivity contribution >= 4 is 52.4 Å². The summed E-state index contributed by atoms with van der Waals surface area (Å²) < 4.78 is 76.4. The Morgan fingerprint density at radius 3 is 2.33 bits per heavy atom. The van der Waals surface area contributed by atoms with E-state index < -0.39 is 110 Å². The van der Waals surface area contributed by atoms with Gasteiger partial charge in [-0.15, -0.1) is 0 Å². The van der Waals surface area contributed by atoms with Crippen LogP contribution in [0.5, 0.6) is 0 Å². The molecule has 2 N–H and O–H groups in total. The van der Waals surface area contributed by atoms with E-state index in [1.165, 1.54) is 39.6 Å². The summed E-state index contributed by atoms with van der Waals surface area (Å²) in [6.45, 7) is 3.91. The lowest BCUT2D eigenvalue weighted by Gasteiger charge is -2.43. The van der Waals surface area contributed by atoms with Crippen molar-refractivity contribution in [2.75, 3.05) is 58.9 Å². The lowest BCUT2D eigenvalue weighted by molar-refractivity contribution is -0.146. The van der Waals surface area contributed by atoms with E-state index in [-0.39, 0.29) is 60.4 Å². The van der Waals surface area contributed by atoms with E-state index >= 15 is 13.2 Å². The molecule has 0 radical (unpaired) electrons.